The Balaban J connectivity index is 1.45. The highest BCUT2D eigenvalue weighted by atomic mass is 16.5. The number of carbonyl (C=O) groups excluding carboxylic acids is 1. The Hall–Kier alpha value is -4.93. The highest BCUT2D eigenvalue weighted by molar-refractivity contribution is 5.91. The lowest BCUT2D eigenvalue weighted by Crippen LogP contribution is -2.23. The molecule has 0 aliphatic carbocycles. The molecule has 1 amide bonds. The van der Waals surface area contributed by atoms with Crippen molar-refractivity contribution < 1.29 is 14.3 Å². The fraction of sp³-hybridized carbons (Fsp3) is 0.160. The number of amides is 1. The third-order valence-corrected chi connectivity index (χ3v) is 5.40. The Morgan fingerprint density at radius 3 is 2.64 bits per heavy atom. The van der Waals surface area contributed by atoms with Gasteiger partial charge in [-0.05, 0) is 43.7 Å². The number of rotatable bonds is 7. The van der Waals surface area contributed by atoms with Crippen molar-refractivity contribution in [2.45, 2.75) is 13.8 Å². The van der Waals surface area contributed by atoms with E-state index in [4.69, 9.17) is 9.47 Å². The number of fused-ring (bicyclic) bond motifs is 1. The molecule has 5 aromatic rings. The molecule has 3 heterocycles. The highest BCUT2D eigenvalue weighted by Crippen LogP contribution is 2.25. The SMILES string of the molecule is COc1ccccc1OCC(=O)Nc1cc(C)nn1-c1nc2c(cnn2-c2cccc(C)c2)c(=O)[nH]1. The van der Waals surface area contributed by atoms with E-state index in [0.717, 1.165) is 11.3 Å². The molecular formula is C25H23N7O4. The predicted octanol–water partition coefficient (Wildman–Crippen LogP) is 2.94. The number of aryl methyl sites for hydroxylation is 2. The number of anilines is 1. The van der Waals surface area contributed by atoms with Crippen LogP contribution in [0.15, 0.2) is 65.6 Å². The van der Waals surface area contributed by atoms with Crippen LogP contribution in [0.25, 0.3) is 22.7 Å². The molecule has 0 saturated heterocycles. The Labute approximate surface area is 205 Å². The van der Waals surface area contributed by atoms with E-state index < -0.39 is 5.91 Å². The van der Waals surface area contributed by atoms with Gasteiger partial charge in [-0.2, -0.15) is 19.9 Å². The largest absolute Gasteiger partial charge is 0.493 e. The first-order chi connectivity index (χ1) is 17.4. The summed E-state index contributed by atoms with van der Waals surface area (Å²) >= 11 is 0. The van der Waals surface area contributed by atoms with E-state index in [-0.39, 0.29) is 18.1 Å². The van der Waals surface area contributed by atoms with Crippen LogP contribution in [0.5, 0.6) is 11.5 Å². The molecule has 0 fully saturated rings. The Morgan fingerprint density at radius 2 is 1.86 bits per heavy atom. The normalized spacial score (nSPS) is 11.0. The topological polar surface area (TPSA) is 129 Å². The molecule has 36 heavy (non-hydrogen) atoms. The number of hydrogen-bond donors (Lipinski definition) is 2. The lowest BCUT2D eigenvalue weighted by atomic mass is 10.2. The third-order valence-electron chi connectivity index (χ3n) is 5.40. The van der Waals surface area contributed by atoms with Crippen LogP contribution in [0.1, 0.15) is 11.3 Å². The number of nitrogens with one attached hydrogen (secondary N) is 2. The van der Waals surface area contributed by atoms with Crippen molar-refractivity contribution in [1.82, 2.24) is 29.5 Å². The summed E-state index contributed by atoms with van der Waals surface area (Å²) in [5, 5.41) is 11.9. The summed E-state index contributed by atoms with van der Waals surface area (Å²) in [5.74, 6) is 1.00. The molecule has 5 rings (SSSR count). The van der Waals surface area contributed by atoms with Crippen LogP contribution in [0.4, 0.5) is 5.82 Å². The predicted molar refractivity (Wildman–Crippen MR) is 133 cm³/mol. The zero-order valence-electron chi connectivity index (χ0n) is 19.8. The summed E-state index contributed by atoms with van der Waals surface area (Å²) in [6.45, 7) is 3.48. The number of para-hydroxylation sites is 2. The third kappa shape index (κ3) is 4.41. The first-order valence-electron chi connectivity index (χ1n) is 11.1. The summed E-state index contributed by atoms with van der Waals surface area (Å²) in [6.07, 6.45) is 1.47. The van der Waals surface area contributed by atoms with Gasteiger partial charge in [0.15, 0.2) is 23.8 Å². The van der Waals surface area contributed by atoms with Crippen LogP contribution >= 0.6 is 0 Å². The molecule has 2 N–H and O–H groups in total. The molecule has 0 saturated carbocycles. The van der Waals surface area contributed by atoms with Gasteiger partial charge in [0.1, 0.15) is 11.2 Å². The summed E-state index contributed by atoms with van der Waals surface area (Å²) in [5.41, 5.74) is 2.42. The van der Waals surface area contributed by atoms with Crippen molar-refractivity contribution in [1.29, 1.82) is 0 Å². The number of benzene rings is 2. The van der Waals surface area contributed by atoms with Gasteiger partial charge in [-0.1, -0.05) is 24.3 Å². The van der Waals surface area contributed by atoms with Gasteiger partial charge in [-0.15, -0.1) is 0 Å². The average Bonchev–Trinajstić information content (AvgIpc) is 3.46. The molecule has 0 unspecified atom stereocenters. The molecule has 0 atom stereocenters. The fourth-order valence-electron chi connectivity index (χ4n) is 3.77. The van der Waals surface area contributed by atoms with Gasteiger partial charge < -0.3 is 14.8 Å². The molecule has 0 aliphatic heterocycles. The highest BCUT2D eigenvalue weighted by Gasteiger charge is 2.17. The number of carbonyl (C=O) groups is 1. The Kier molecular flexibility index (Phi) is 5.95. The van der Waals surface area contributed by atoms with Gasteiger partial charge in [-0.3, -0.25) is 14.6 Å². The first-order valence-corrected chi connectivity index (χ1v) is 11.1. The molecule has 0 spiro atoms. The van der Waals surface area contributed by atoms with Gasteiger partial charge in [0, 0.05) is 6.07 Å². The Morgan fingerprint density at radius 1 is 1.06 bits per heavy atom. The molecular weight excluding hydrogens is 462 g/mol. The number of aromatic nitrogens is 6. The van der Waals surface area contributed by atoms with Crippen LogP contribution in [-0.2, 0) is 4.79 Å². The molecule has 0 aliphatic rings. The quantitative estimate of drug-likeness (QED) is 0.363. The van der Waals surface area contributed by atoms with Crippen LogP contribution in [0.2, 0.25) is 0 Å². The van der Waals surface area contributed by atoms with Crippen LogP contribution in [-0.4, -0.2) is 49.2 Å². The van der Waals surface area contributed by atoms with Crippen molar-refractivity contribution in [2.75, 3.05) is 19.0 Å². The van der Waals surface area contributed by atoms with E-state index in [0.29, 0.717) is 34.0 Å². The van der Waals surface area contributed by atoms with Crippen LogP contribution < -0.4 is 20.3 Å². The minimum absolute atomic E-state index is 0.135. The van der Waals surface area contributed by atoms with Gasteiger partial charge in [0.05, 0.1) is 24.7 Å². The minimum atomic E-state index is -0.421. The molecule has 182 valence electrons. The smallest absolute Gasteiger partial charge is 0.263 e. The second kappa shape index (κ2) is 9.37. The molecule has 0 radical (unpaired) electrons. The van der Waals surface area contributed by atoms with Gasteiger partial charge in [0.2, 0.25) is 5.95 Å². The number of nitrogens with zero attached hydrogens (tertiary/aromatic N) is 5. The van der Waals surface area contributed by atoms with E-state index >= 15 is 0 Å². The second-order valence-electron chi connectivity index (χ2n) is 8.09. The van der Waals surface area contributed by atoms with E-state index in [9.17, 15) is 9.59 Å². The van der Waals surface area contributed by atoms with E-state index in [1.165, 1.54) is 18.0 Å². The zero-order chi connectivity index (χ0) is 25.2. The zero-order valence-corrected chi connectivity index (χ0v) is 19.8. The summed E-state index contributed by atoms with van der Waals surface area (Å²) in [6, 6.07) is 16.4. The van der Waals surface area contributed by atoms with Crippen molar-refractivity contribution >= 4 is 22.8 Å². The van der Waals surface area contributed by atoms with E-state index in [2.05, 4.69) is 25.5 Å². The maximum Gasteiger partial charge on any atom is 0.263 e. The number of methoxy groups -OCH3 is 1. The lowest BCUT2D eigenvalue weighted by Gasteiger charge is -2.11. The number of hydrogen-bond acceptors (Lipinski definition) is 7. The monoisotopic (exact) mass is 485 g/mol. The molecule has 11 heteroatoms. The van der Waals surface area contributed by atoms with Crippen molar-refractivity contribution in [3.05, 3.63) is 82.4 Å². The number of ether oxygens (including phenoxy) is 2. The summed E-state index contributed by atoms with van der Waals surface area (Å²) in [4.78, 5) is 32.8. The van der Waals surface area contributed by atoms with Crippen molar-refractivity contribution in [3.63, 3.8) is 0 Å². The summed E-state index contributed by atoms with van der Waals surface area (Å²) < 4.78 is 13.8. The van der Waals surface area contributed by atoms with Crippen molar-refractivity contribution in [3.8, 4) is 23.1 Å². The Bertz CT molecular complexity index is 1630. The summed E-state index contributed by atoms with van der Waals surface area (Å²) in [7, 11) is 1.53. The number of H-pyrrole nitrogens is 1. The molecule has 11 nitrogen and oxygen atoms in total. The van der Waals surface area contributed by atoms with Crippen LogP contribution in [0, 0.1) is 13.8 Å². The first kappa shape index (κ1) is 22.8. The maximum absolute atomic E-state index is 12.8. The van der Waals surface area contributed by atoms with Gasteiger partial charge in [-0.25, -0.2) is 4.68 Å². The van der Waals surface area contributed by atoms with Gasteiger partial charge >= 0.3 is 0 Å². The minimum Gasteiger partial charge on any atom is -0.493 e. The number of aromatic amines is 1. The average molecular weight is 486 g/mol. The van der Waals surface area contributed by atoms with E-state index in [1.54, 1.807) is 35.9 Å². The maximum atomic E-state index is 12.8. The second-order valence-corrected chi connectivity index (χ2v) is 8.09. The standard InChI is InChI=1S/C25H23N7O4/c1-15-7-6-8-17(11-15)31-23-18(13-26-31)24(34)29-25(28-23)32-21(12-16(2)30-32)27-22(33)14-36-20-10-5-4-9-19(20)35-3/h4-13H,14H2,1-3H3,(H,27,33)(H,28,29,34). The van der Waals surface area contributed by atoms with Crippen molar-refractivity contribution in [2.24, 2.45) is 0 Å². The van der Waals surface area contributed by atoms with Gasteiger partial charge in [0.25, 0.3) is 11.5 Å². The molecule has 3 aromatic heterocycles. The molecule has 0 bridgehead atoms. The fourth-order valence-corrected chi connectivity index (χ4v) is 3.77. The molecule has 2 aromatic carbocycles. The van der Waals surface area contributed by atoms with E-state index in [1.807, 2.05) is 37.3 Å². The lowest BCUT2D eigenvalue weighted by molar-refractivity contribution is -0.118. The van der Waals surface area contributed by atoms with Crippen LogP contribution in [0.3, 0.4) is 0 Å².